The first kappa shape index (κ1) is 17.6. The fourth-order valence-electron chi connectivity index (χ4n) is 3.13. The minimum atomic E-state index is -0.790. The number of ether oxygens (including phenoxy) is 2. The van der Waals surface area contributed by atoms with Crippen LogP contribution in [0.25, 0.3) is 0 Å². The maximum atomic E-state index is 13.5. The number of benzene rings is 1. The monoisotopic (exact) mass is 346 g/mol. The predicted molar refractivity (Wildman–Crippen MR) is 92.2 cm³/mol. The molecule has 1 aliphatic rings. The summed E-state index contributed by atoms with van der Waals surface area (Å²) in [4.78, 5) is 6.22. The molecule has 1 N–H and O–H groups in total. The predicted octanol–water partition coefficient (Wildman–Crippen LogP) is 2.81. The van der Waals surface area contributed by atoms with Crippen molar-refractivity contribution >= 4 is 0 Å². The highest BCUT2D eigenvalue weighted by molar-refractivity contribution is 5.35. The zero-order valence-corrected chi connectivity index (χ0v) is 14.3. The average molecular weight is 346 g/mol. The van der Waals surface area contributed by atoms with Gasteiger partial charge in [-0.1, -0.05) is 0 Å². The summed E-state index contributed by atoms with van der Waals surface area (Å²) in [7, 11) is 1.52. The third kappa shape index (κ3) is 4.67. The number of aliphatic hydroxyl groups is 1. The van der Waals surface area contributed by atoms with E-state index in [1.54, 1.807) is 18.5 Å². The number of piperidine rings is 1. The van der Waals surface area contributed by atoms with E-state index in [2.05, 4.69) is 9.88 Å². The Labute approximate surface area is 147 Å². The van der Waals surface area contributed by atoms with Gasteiger partial charge in [0.05, 0.1) is 19.4 Å². The molecule has 1 aromatic heterocycles. The van der Waals surface area contributed by atoms with E-state index in [1.807, 2.05) is 12.1 Å². The van der Waals surface area contributed by atoms with E-state index in [-0.39, 0.29) is 11.9 Å². The Morgan fingerprint density at radius 1 is 1.32 bits per heavy atom. The van der Waals surface area contributed by atoms with Crippen LogP contribution in [0, 0.1) is 5.82 Å². The number of halogens is 1. The molecule has 1 unspecified atom stereocenters. The number of nitrogens with zero attached hydrogens (tertiary/aromatic N) is 2. The SMILES string of the molecule is COc1ccc(F)cc1C(O)CN1CCC(Oc2cccnc2)CC1. The lowest BCUT2D eigenvalue weighted by molar-refractivity contribution is 0.0599. The van der Waals surface area contributed by atoms with Gasteiger partial charge < -0.3 is 19.5 Å². The lowest BCUT2D eigenvalue weighted by atomic mass is 10.0. The molecule has 134 valence electrons. The van der Waals surface area contributed by atoms with Crippen LogP contribution in [0.3, 0.4) is 0 Å². The van der Waals surface area contributed by atoms with Gasteiger partial charge in [-0.3, -0.25) is 4.98 Å². The van der Waals surface area contributed by atoms with Crippen LogP contribution in [0.15, 0.2) is 42.7 Å². The molecule has 1 aliphatic heterocycles. The van der Waals surface area contributed by atoms with Gasteiger partial charge in [-0.05, 0) is 43.2 Å². The largest absolute Gasteiger partial charge is 0.496 e. The second kappa shape index (κ2) is 8.27. The van der Waals surface area contributed by atoms with Crippen molar-refractivity contribution in [2.45, 2.75) is 25.0 Å². The summed E-state index contributed by atoms with van der Waals surface area (Å²) in [6.07, 6.45) is 4.55. The van der Waals surface area contributed by atoms with Crippen molar-refractivity contribution in [1.82, 2.24) is 9.88 Å². The zero-order chi connectivity index (χ0) is 17.6. The topological polar surface area (TPSA) is 54.8 Å². The third-order valence-corrected chi connectivity index (χ3v) is 4.45. The summed E-state index contributed by atoms with van der Waals surface area (Å²) in [5.41, 5.74) is 0.483. The van der Waals surface area contributed by atoms with Gasteiger partial charge in [-0.25, -0.2) is 4.39 Å². The molecular weight excluding hydrogens is 323 g/mol. The molecule has 0 bridgehead atoms. The number of aromatic nitrogens is 1. The Kier molecular flexibility index (Phi) is 5.83. The van der Waals surface area contributed by atoms with Gasteiger partial charge in [0.1, 0.15) is 23.4 Å². The van der Waals surface area contributed by atoms with E-state index in [4.69, 9.17) is 9.47 Å². The molecule has 1 saturated heterocycles. The van der Waals surface area contributed by atoms with E-state index >= 15 is 0 Å². The summed E-state index contributed by atoms with van der Waals surface area (Å²) in [5.74, 6) is 0.910. The number of β-amino-alcohol motifs (C(OH)–C–C–N with tert-alkyl or cyclic N) is 1. The van der Waals surface area contributed by atoms with Crippen LogP contribution < -0.4 is 9.47 Å². The van der Waals surface area contributed by atoms with Crippen molar-refractivity contribution in [2.75, 3.05) is 26.7 Å². The fraction of sp³-hybridized carbons (Fsp3) is 0.421. The maximum Gasteiger partial charge on any atom is 0.137 e. The van der Waals surface area contributed by atoms with Gasteiger partial charge in [-0.2, -0.15) is 0 Å². The summed E-state index contributed by atoms with van der Waals surface area (Å²) in [5, 5.41) is 10.5. The van der Waals surface area contributed by atoms with Crippen LogP contribution in [-0.2, 0) is 0 Å². The molecular formula is C19H23FN2O3. The van der Waals surface area contributed by atoms with Gasteiger partial charge >= 0.3 is 0 Å². The van der Waals surface area contributed by atoms with Crippen LogP contribution in [-0.4, -0.2) is 47.8 Å². The van der Waals surface area contributed by atoms with E-state index in [9.17, 15) is 9.50 Å². The van der Waals surface area contributed by atoms with Crippen molar-refractivity contribution in [3.8, 4) is 11.5 Å². The number of likely N-dealkylation sites (tertiary alicyclic amines) is 1. The molecule has 2 heterocycles. The lowest BCUT2D eigenvalue weighted by Gasteiger charge is -2.33. The highest BCUT2D eigenvalue weighted by atomic mass is 19.1. The number of rotatable bonds is 6. The second-order valence-electron chi connectivity index (χ2n) is 6.21. The van der Waals surface area contributed by atoms with E-state index in [1.165, 1.54) is 19.2 Å². The number of methoxy groups -OCH3 is 1. The van der Waals surface area contributed by atoms with Crippen molar-refractivity contribution in [3.63, 3.8) is 0 Å². The van der Waals surface area contributed by atoms with Gasteiger partial charge in [0.2, 0.25) is 0 Å². The molecule has 2 aromatic rings. The van der Waals surface area contributed by atoms with Crippen LogP contribution in [0.5, 0.6) is 11.5 Å². The van der Waals surface area contributed by atoms with Crippen LogP contribution >= 0.6 is 0 Å². The minimum absolute atomic E-state index is 0.154. The number of pyridine rings is 1. The Balaban J connectivity index is 1.53. The first-order valence-corrected chi connectivity index (χ1v) is 8.46. The standard InChI is InChI=1S/C19H23FN2O3/c1-24-19-5-4-14(20)11-17(19)18(23)13-22-9-6-15(7-10-22)25-16-3-2-8-21-12-16/h2-5,8,11-12,15,18,23H,6-7,9-10,13H2,1H3. The molecule has 1 fully saturated rings. The molecule has 5 nitrogen and oxygen atoms in total. The Morgan fingerprint density at radius 3 is 2.80 bits per heavy atom. The summed E-state index contributed by atoms with van der Waals surface area (Å²) < 4.78 is 24.6. The highest BCUT2D eigenvalue weighted by Gasteiger charge is 2.24. The first-order chi connectivity index (χ1) is 12.2. The van der Waals surface area contributed by atoms with Gasteiger partial charge in [0, 0.05) is 31.4 Å². The van der Waals surface area contributed by atoms with Crippen molar-refractivity contribution in [1.29, 1.82) is 0 Å². The molecule has 1 aromatic carbocycles. The molecule has 3 rings (SSSR count). The Morgan fingerprint density at radius 2 is 2.12 bits per heavy atom. The molecule has 0 amide bonds. The van der Waals surface area contributed by atoms with Crippen LogP contribution in [0.2, 0.25) is 0 Å². The minimum Gasteiger partial charge on any atom is -0.496 e. The second-order valence-corrected chi connectivity index (χ2v) is 6.21. The molecule has 1 atom stereocenters. The highest BCUT2D eigenvalue weighted by Crippen LogP contribution is 2.27. The first-order valence-electron chi connectivity index (χ1n) is 8.46. The zero-order valence-electron chi connectivity index (χ0n) is 14.3. The molecule has 25 heavy (non-hydrogen) atoms. The molecule has 0 saturated carbocycles. The van der Waals surface area contributed by atoms with E-state index in [0.29, 0.717) is 17.9 Å². The van der Waals surface area contributed by atoms with Gasteiger partial charge in [0.15, 0.2) is 0 Å². The average Bonchev–Trinajstić information content (AvgIpc) is 2.64. The molecule has 0 spiro atoms. The van der Waals surface area contributed by atoms with Gasteiger partial charge in [0.25, 0.3) is 0 Å². The Bertz CT molecular complexity index is 676. The summed E-state index contributed by atoms with van der Waals surface area (Å²) in [6, 6.07) is 7.96. The summed E-state index contributed by atoms with van der Waals surface area (Å²) in [6.45, 7) is 2.08. The van der Waals surface area contributed by atoms with Crippen molar-refractivity contribution < 1.29 is 19.0 Å². The maximum absolute atomic E-state index is 13.5. The quantitative estimate of drug-likeness (QED) is 0.872. The van der Waals surface area contributed by atoms with Crippen molar-refractivity contribution in [2.24, 2.45) is 0 Å². The van der Waals surface area contributed by atoms with Gasteiger partial charge in [-0.15, -0.1) is 0 Å². The van der Waals surface area contributed by atoms with Crippen molar-refractivity contribution in [3.05, 3.63) is 54.1 Å². The van der Waals surface area contributed by atoms with Crippen LogP contribution in [0.4, 0.5) is 4.39 Å². The fourth-order valence-corrected chi connectivity index (χ4v) is 3.13. The summed E-state index contributed by atoms with van der Waals surface area (Å²) >= 11 is 0. The normalized spacial score (nSPS) is 17.2. The van der Waals surface area contributed by atoms with Crippen LogP contribution in [0.1, 0.15) is 24.5 Å². The number of hydrogen-bond acceptors (Lipinski definition) is 5. The smallest absolute Gasteiger partial charge is 0.137 e. The Hall–Kier alpha value is -2.18. The molecule has 0 aliphatic carbocycles. The number of hydrogen-bond donors (Lipinski definition) is 1. The van der Waals surface area contributed by atoms with E-state index in [0.717, 1.165) is 31.7 Å². The lowest BCUT2D eigenvalue weighted by Crippen LogP contribution is -2.40. The third-order valence-electron chi connectivity index (χ3n) is 4.45. The number of aliphatic hydroxyl groups excluding tert-OH is 1. The van der Waals surface area contributed by atoms with E-state index < -0.39 is 6.10 Å². The molecule has 0 radical (unpaired) electrons. The molecule has 6 heteroatoms.